The summed E-state index contributed by atoms with van der Waals surface area (Å²) in [5.74, 6) is 2.08. The summed E-state index contributed by atoms with van der Waals surface area (Å²) >= 11 is 5.35. The molecule has 1 aromatic heterocycles. The molecule has 1 amide bonds. The Bertz CT molecular complexity index is 622. The molecular weight excluding hydrogens is 338 g/mol. The number of halogens is 1. The van der Waals surface area contributed by atoms with Crippen molar-refractivity contribution in [1.82, 2.24) is 15.1 Å². The molecule has 1 N–H and O–H groups in total. The number of carbonyl (C=O) groups is 1. The minimum atomic E-state index is 0.0639. The quantitative estimate of drug-likeness (QED) is 0.904. The van der Waals surface area contributed by atoms with E-state index in [1.807, 2.05) is 40.9 Å². The lowest BCUT2D eigenvalue weighted by atomic mass is 10.1. The summed E-state index contributed by atoms with van der Waals surface area (Å²) in [7, 11) is 0. The number of aromatic nitrogens is 2. The van der Waals surface area contributed by atoms with Gasteiger partial charge in [-0.1, -0.05) is 28.1 Å². The second-order valence-corrected chi connectivity index (χ2v) is 6.71. The molecule has 0 aliphatic carbocycles. The van der Waals surface area contributed by atoms with Gasteiger partial charge in [0.15, 0.2) is 0 Å². The van der Waals surface area contributed by atoms with Crippen LogP contribution in [-0.2, 0) is 0 Å². The molecule has 0 bridgehead atoms. The predicted octanol–water partition coefficient (Wildman–Crippen LogP) is 3.03. The molecule has 0 unspecified atom stereocenters. The summed E-state index contributed by atoms with van der Waals surface area (Å²) in [4.78, 5) is 14.5. The van der Waals surface area contributed by atoms with Crippen molar-refractivity contribution in [3.63, 3.8) is 0 Å². The molecule has 20 heavy (non-hydrogen) atoms. The maximum Gasteiger partial charge on any atom is 0.257 e. The zero-order chi connectivity index (χ0) is 13.9. The fraction of sp³-hybridized carbons (Fsp3) is 0.286. The van der Waals surface area contributed by atoms with Crippen LogP contribution in [0.15, 0.2) is 34.9 Å². The highest BCUT2D eigenvalue weighted by Gasteiger charge is 2.22. The Morgan fingerprint density at radius 1 is 1.35 bits per heavy atom. The fourth-order valence-corrected chi connectivity index (χ4v) is 3.55. The lowest BCUT2D eigenvalue weighted by Crippen LogP contribution is -2.37. The monoisotopic (exact) mass is 351 g/mol. The molecular formula is C14H14BrN3OS. The highest BCUT2D eigenvalue weighted by Crippen LogP contribution is 2.25. The number of nitrogens with one attached hydrogen (secondary N) is 1. The smallest absolute Gasteiger partial charge is 0.257 e. The number of benzene rings is 1. The number of amides is 1. The van der Waals surface area contributed by atoms with Crippen LogP contribution in [0.25, 0.3) is 11.3 Å². The van der Waals surface area contributed by atoms with Gasteiger partial charge in [-0.25, -0.2) is 0 Å². The van der Waals surface area contributed by atoms with E-state index in [-0.39, 0.29) is 5.91 Å². The summed E-state index contributed by atoms with van der Waals surface area (Å²) in [5, 5.41) is 7.00. The van der Waals surface area contributed by atoms with Crippen molar-refractivity contribution >= 4 is 33.6 Å². The van der Waals surface area contributed by atoms with Crippen LogP contribution in [0.1, 0.15) is 10.4 Å². The number of thioether (sulfide) groups is 1. The van der Waals surface area contributed by atoms with E-state index in [9.17, 15) is 4.79 Å². The van der Waals surface area contributed by atoms with Gasteiger partial charge >= 0.3 is 0 Å². The van der Waals surface area contributed by atoms with Gasteiger partial charge in [0.05, 0.1) is 17.5 Å². The number of aromatic amines is 1. The van der Waals surface area contributed by atoms with Gasteiger partial charge in [0, 0.05) is 34.6 Å². The third kappa shape index (κ3) is 2.76. The molecule has 3 rings (SSSR count). The van der Waals surface area contributed by atoms with E-state index < -0.39 is 0 Å². The summed E-state index contributed by atoms with van der Waals surface area (Å²) in [6, 6.07) is 7.87. The van der Waals surface area contributed by atoms with Crippen LogP contribution >= 0.6 is 27.7 Å². The molecule has 0 radical (unpaired) electrons. The molecule has 4 nitrogen and oxygen atoms in total. The normalized spacial score (nSPS) is 15.3. The fourth-order valence-electron chi connectivity index (χ4n) is 2.25. The summed E-state index contributed by atoms with van der Waals surface area (Å²) in [6.45, 7) is 1.62. The van der Waals surface area contributed by atoms with E-state index in [1.54, 1.807) is 6.20 Å². The van der Waals surface area contributed by atoms with Gasteiger partial charge in [-0.05, 0) is 12.1 Å². The van der Waals surface area contributed by atoms with Gasteiger partial charge in [-0.3, -0.25) is 9.89 Å². The first kappa shape index (κ1) is 13.7. The SMILES string of the molecule is O=C(c1cn[nH]c1-c1cccc(Br)c1)N1CCSCC1. The summed E-state index contributed by atoms with van der Waals surface area (Å²) in [6.07, 6.45) is 1.63. The van der Waals surface area contributed by atoms with Crippen molar-refractivity contribution < 1.29 is 4.79 Å². The average Bonchev–Trinajstić information content (AvgIpc) is 2.97. The predicted molar refractivity (Wildman–Crippen MR) is 85.0 cm³/mol. The zero-order valence-corrected chi connectivity index (χ0v) is 13.2. The van der Waals surface area contributed by atoms with Crippen LogP contribution in [0.3, 0.4) is 0 Å². The van der Waals surface area contributed by atoms with Crippen molar-refractivity contribution in [2.75, 3.05) is 24.6 Å². The molecule has 1 aliphatic heterocycles. The van der Waals surface area contributed by atoms with Gasteiger partial charge in [0.2, 0.25) is 0 Å². The molecule has 2 aromatic rings. The lowest BCUT2D eigenvalue weighted by Gasteiger charge is -2.26. The second-order valence-electron chi connectivity index (χ2n) is 4.57. The molecule has 6 heteroatoms. The maximum absolute atomic E-state index is 12.6. The highest BCUT2D eigenvalue weighted by atomic mass is 79.9. The van der Waals surface area contributed by atoms with Crippen molar-refractivity contribution in [3.8, 4) is 11.3 Å². The van der Waals surface area contributed by atoms with Crippen molar-refractivity contribution in [2.45, 2.75) is 0 Å². The Balaban J connectivity index is 1.91. The van der Waals surface area contributed by atoms with E-state index in [0.717, 1.165) is 40.3 Å². The Morgan fingerprint density at radius 3 is 2.90 bits per heavy atom. The van der Waals surface area contributed by atoms with Gasteiger partial charge < -0.3 is 4.90 Å². The van der Waals surface area contributed by atoms with Gasteiger partial charge in [0.1, 0.15) is 0 Å². The van der Waals surface area contributed by atoms with E-state index in [0.29, 0.717) is 5.56 Å². The minimum Gasteiger partial charge on any atom is -0.337 e. The topological polar surface area (TPSA) is 49.0 Å². The van der Waals surface area contributed by atoms with Crippen LogP contribution in [0.5, 0.6) is 0 Å². The third-order valence-corrected chi connectivity index (χ3v) is 4.72. The molecule has 0 spiro atoms. The Morgan fingerprint density at radius 2 is 2.15 bits per heavy atom. The molecule has 1 aromatic carbocycles. The Kier molecular flexibility index (Phi) is 4.12. The van der Waals surface area contributed by atoms with Crippen LogP contribution in [-0.4, -0.2) is 45.6 Å². The number of nitrogens with zero attached hydrogens (tertiary/aromatic N) is 2. The highest BCUT2D eigenvalue weighted by molar-refractivity contribution is 9.10. The number of hydrogen-bond donors (Lipinski definition) is 1. The van der Waals surface area contributed by atoms with E-state index >= 15 is 0 Å². The van der Waals surface area contributed by atoms with Crippen molar-refractivity contribution in [3.05, 3.63) is 40.5 Å². The number of carbonyl (C=O) groups excluding carboxylic acids is 1. The molecule has 104 valence electrons. The van der Waals surface area contributed by atoms with Crippen LogP contribution in [0.2, 0.25) is 0 Å². The first-order chi connectivity index (χ1) is 9.75. The number of rotatable bonds is 2. The summed E-state index contributed by atoms with van der Waals surface area (Å²) in [5.41, 5.74) is 2.40. The second kappa shape index (κ2) is 6.01. The molecule has 1 fully saturated rings. The average molecular weight is 352 g/mol. The minimum absolute atomic E-state index is 0.0639. The van der Waals surface area contributed by atoms with E-state index in [4.69, 9.17) is 0 Å². The van der Waals surface area contributed by atoms with Crippen LogP contribution < -0.4 is 0 Å². The van der Waals surface area contributed by atoms with Crippen LogP contribution in [0, 0.1) is 0 Å². The van der Waals surface area contributed by atoms with Crippen molar-refractivity contribution in [1.29, 1.82) is 0 Å². The van der Waals surface area contributed by atoms with Gasteiger partial charge in [-0.15, -0.1) is 0 Å². The van der Waals surface area contributed by atoms with Gasteiger partial charge in [0.25, 0.3) is 5.91 Å². The Labute approximate surface area is 130 Å². The number of H-pyrrole nitrogens is 1. The number of hydrogen-bond acceptors (Lipinski definition) is 3. The molecule has 2 heterocycles. The van der Waals surface area contributed by atoms with Crippen LogP contribution in [0.4, 0.5) is 0 Å². The molecule has 1 aliphatic rings. The maximum atomic E-state index is 12.6. The third-order valence-electron chi connectivity index (χ3n) is 3.28. The van der Waals surface area contributed by atoms with Crippen molar-refractivity contribution in [2.24, 2.45) is 0 Å². The zero-order valence-electron chi connectivity index (χ0n) is 10.8. The van der Waals surface area contributed by atoms with E-state index in [1.165, 1.54) is 0 Å². The largest absolute Gasteiger partial charge is 0.337 e. The molecule has 1 saturated heterocycles. The molecule has 0 saturated carbocycles. The summed E-state index contributed by atoms with van der Waals surface area (Å²) < 4.78 is 0.984. The van der Waals surface area contributed by atoms with Gasteiger partial charge in [-0.2, -0.15) is 16.9 Å². The standard InChI is InChI=1S/C14H14BrN3OS/c15-11-3-1-2-10(8-11)13-12(9-16-17-13)14(19)18-4-6-20-7-5-18/h1-3,8-9H,4-7H2,(H,16,17). The lowest BCUT2D eigenvalue weighted by molar-refractivity contribution is 0.0773. The first-order valence-electron chi connectivity index (χ1n) is 6.42. The van der Waals surface area contributed by atoms with E-state index in [2.05, 4.69) is 26.1 Å². The first-order valence-corrected chi connectivity index (χ1v) is 8.37. The molecule has 0 atom stereocenters. The Hall–Kier alpha value is -1.27.